The van der Waals surface area contributed by atoms with Crippen LogP contribution in [0.25, 0.3) is 0 Å². The highest BCUT2D eigenvalue weighted by atomic mass is 35.5. The predicted octanol–water partition coefficient (Wildman–Crippen LogP) is 3.25. The van der Waals surface area contributed by atoms with E-state index in [1.54, 1.807) is 6.07 Å². The van der Waals surface area contributed by atoms with Gasteiger partial charge in [-0.2, -0.15) is 0 Å². The molecule has 19 heavy (non-hydrogen) atoms. The lowest BCUT2D eigenvalue weighted by Crippen LogP contribution is -2.20. The number of hydrogen-bond donors (Lipinski definition) is 2. The Bertz CT molecular complexity index is 459. The zero-order chi connectivity index (χ0) is 13.8. The molecule has 0 saturated carbocycles. The molecule has 1 aliphatic rings. The lowest BCUT2D eigenvalue weighted by molar-refractivity contribution is 0.313. The molecule has 1 heterocycles. The molecule has 1 fully saturated rings. The topological polar surface area (TPSA) is 53.1 Å². The third kappa shape index (κ3) is 3.71. The van der Waals surface area contributed by atoms with Gasteiger partial charge in [-0.3, -0.25) is 10.3 Å². The first-order valence-corrected chi connectivity index (χ1v) is 7.33. The number of likely N-dealkylation sites (tertiary alicyclic amines) is 1. The summed E-state index contributed by atoms with van der Waals surface area (Å²) in [5, 5.41) is 8.12. The smallest absolute Gasteiger partial charge is 0.122 e. The fraction of sp³-hybridized carbons (Fsp3) is 0.533. The molecular weight excluding hydrogens is 258 g/mol. The number of benzene rings is 1. The third-order valence-electron chi connectivity index (χ3n) is 3.82. The Hall–Kier alpha value is -1.06. The summed E-state index contributed by atoms with van der Waals surface area (Å²) in [4.78, 5) is 2.47. The van der Waals surface area contributed by atoms with Crippen LogP contribution in [0.15, 0.2) is 18.2 Å². The minimum Gasteiger partial charge on any atom is -0.384 e. The van der Waals surface area contributed by atoms with Crippen LogP contribution in [-0.2, 0) is 6.54 Å². The Kier molecular flexibility index (Phi) is 4.83. The lowest BCUT2D eigenvalue weighted by atomic mass is 10.0. The maximum absolute atomic E-state index is 7.41. The van der Waals surface area contributed by atoms with Crippen molar-refractivity contribution in [1.82, 2.24) is 4.90 Å². The summed E-state index contributed by atoms with van der Waals surface area (Å²) in [7, 11) is 0. The van der Waals surface area contributed by atoms with Crippen LogP contribution in [0.2, 0.25) is 5.02 Å². The second-order valence-corrected chi connectivity index (χ2v) is 5.81. The molecule has 1 atom stereocenters. The van der Waals surface area contributed by atoms with Gasteiger partial charge in [0.25, 0.3) is 0 Å². The standard InChI is InChI=1S/C15H22ClN3/c1-2-3-11-6-7-19(9-11)10-13-5-4-12(15(17)18)8-14(13)16/h4-5,8,11H,2-3,6-7,9-10H2,1H3,(H3,17,18). The molecule has 3 nitrogen and oxygen atoms in total. The van der Waals surface area contributed by atoms with Gasteiger partial charge in [-0.15, -0.1) is 0 Å². The van der Waals surface area contributed by atoms with Gasteiger partial charge >= 0.3 is 0 Å². The largest absolute Gasteiger partial charge is 0.384 e. The third-order valence-corrected chi connectivity index (χ3v) is 4.18. The average molecular weight is 280 g/mol. The van der Waals surface area contributed by atoms with Crippen LogP contribution >= 0.6 is 11.6 Å². The first-order chi connectivity index (χ1) is 9.10. The van der Waals surface area contributed by atoms with Crippen molar-refractivity contribution < 1.29 is 0 Å². The van der Waals surface area contributed by atoms with Crippen molar-refractivity contribution in [2.45, 2.75) is 32.7 Å². The summed E-state index contributed by atoms with van der Waals surface area (Å²) in [5.41, 5.74) is 7.28. The van der Waals surface area contributed by atoms with Gasteiger partial charge in [-0.1, -0.05) is 37.1 Å². The maximum atomic E-state index is 7.41. The Morgan fingerprint density at radius 2 is 2.32 bits per heavy atom. The Balaban J connectivity index is 1.98. The van der Waals surface area contributed by atoms with Gasteiger partial charge in [0, 0.05) is 23.7 Å². The van der Waals surface area contributed by atoms with Gasteiger partial charge in [-0.05, 0) is 36.9 Å². The van der Waals surface area contributed by atoms with E-state index in [1.807, 2.05) is 12.1 Å². The molecule has 1 saturated heterocycles. The van der Waals surface area contributed by atoms with E-state index in [4.69, 9.17) is 22.7 Å². The van der Waals surface area contributed by atoms with Crippen molar-refractivity contribution in [2.75, 3.05) is 13.1 Å². The van der Waals surface area contributed by atoms with E-state index in [0.29, 0.717) is 10.6 Å². The number of halogens is 1. The van der Waals surface area contributed by atoms with Gasteiger partial charge < -0.3 is 5.73 Å². The molecule has 0 aliphatic carbocycles. The summed E-state index contributed by atoms with van der Waals surface area (Å²) < 4.78 is 0. The van der Waals surface area contributed by atoms with E-state index >= 15 is 0 Å². The molecule has 0 radical (unpaired) electrons. The molecule has 1 aromatic rings. The van der Waals surface area contributed by atoms with E-state index in [-0.39, 0.29) is 5.84 Å². The summed E-state index contributed by atoms with van der Waals surface area (Å²) in [5.74, 6) is 0.915. The Morgan fingerprint density at radius 3 is 2.95 bits per heavy atom. The van der Waals surface area contributed by atoms with Gasteiger partial charge in [0.15, 0.2) is 0 Å². The SMILES string of the molecule is CCCC1CCN(Cc2ccc(C(=N)N)cc2Cl)C1. The van der Waals surface area contributed by atoms with Crippen molar-refractivity contribution in [1.29, 1.82) is 5.41 Å². The van der Waals surface area contributed by atoms with Crippen LogP contribution < -0.4 is 5.73 Å². The van der Waals surface area contributed by atoms with Crippen molar-refractivity contribution in [2.24, 2.45) is 11.7 Å². The molecule has 0 aromatic heterocycles. The monoisotopic (exact) mass is 279 g/mol. The molecule has 1 unspecified atom stereocenters. The van der Waals surface area contributed by atoms with E-state index in [1.165, 1.54) is 25.8 Å². The first kappa shape index (κ1) is 14.4. The highest BCUT2D eigenvalue weighted by Crippen LogP contribution is 2.25. The minimum atomic E-state index is 0.0673. The fourth-order valence-electron chi connectivity index (χ4n) is 2.78. The maximum Gasteiger partial charge on any atom is 0.122 e. The molecule has 4 heteroatoms. The number of nitrogens with two attached hydrogens (primary N) is 1. The van der Waals surface area contributed by atoms with Gasteiger partial charge in [0.2, 0.25) is 0 Å². The molecule has 1 aliphatic heterocycles. The molecule has 2 rings (SSSR count). The number of amidine groups is 1. The van der Waals surface area contributed by atoms with E-state index in [0.717, 1.165) is 24.6 Å². The van der Waals surface area contributed by atoms with Crippen LogP contribution in [0, 0.1) is 11.3 Å². The quantitative estimate of drug-likeness (QED) is 0.642. The molecule has 0 amide bonds. The number of nitrogens with zero attached hydrogens (tertiary/aromatic N) is 1. The van der Waals surface area contributed by atoms with Crippen LogP contribution in [0.5, 0.6) is 0 Å². The first-order valence-electron chi connectivity index (χ1n) is 6.95. The van der Waals surface area contributed by atoms with Gasteiger partial charge in [0.05, 0.1) is 0 Å². The molecule has 3 N–H and O–H groups in total. The zero-order valence-corrected chi connectivity index (χ0v) is 12.2. The lowest BCUT2D eigenvalue weighted by Gasteiger charge is -2.17. The fourth-order valence-corrected chi connectivity index (χ4v) is 3.02. The highest BCUT2D eigenvalue weighted by Gasteiger charge is 2.22. The number of nitrogens with one attached hydrogen (secondary N) is 1. The van der Waals surface area contributed by atoms with Crippen LogP contribution in [0.3, 0.4) is 0 Å². The van der Waals surface area contributed by atoms with Gasteiger partial charge in [0.1, 0.15) is 5.84 Å². The summed E-state index contributed by atoms with van der Waals surface area (Å²) in [6.45, 7) is 5.49. The van der Waals surface area contributed by atoms with Crippen LogP contribution in [-0.4, -0.2) is 23.8 Å². The van der Waals surface area contributed by atoms with Crippen molar-refractivity contribution >= 4 is 17.4 Å². The predicted molar refractivity (Wildman–Crippen MR) is 80.8 cm³/mol. The van der Waals surface area contributed by atoms with Crippen LogP contribution in [0.4, 0.5) is 0 Å². The average Bonchev–Trinajstić information content (AvgIpc) is 2.79. The Labute approximate surface area is 120 Å². The van der Waals surface area contributed by atoms with Crippen molar-refractivity contribution in [3.8, 4) is 0 Å². The number of hydrogen-bond acceptors (Lipinski definition) is 2. The normalized spacial score (nSPS) is 19.8. The molecular formula is C15H22ClN3. The molecule has 0 spiro atoms. The second kappa shape index (κ2) is 6.40. The molecule has 104 valence electrons. The van der Waals surface area contributed by atoms with Crippen LogP contribution in [0.1, 0.15) is 37.3 Å². The summed E-state index contributed by atoms with van der Waals surface area (Å²) in [6.07, 6.45) is 3.90. The Morgan fingerprint density at radius 1 is 1.53 bits per heavy atom. The summed E-state index contributed by atoms with van der Waals surface area (Å²) in [6, 6.07) is 5.66. The van der Waals surface area contributed by atoms with Crippen molar-refractivity contribution in [3.05, 3.63) is 34.3 Å². The van der Waals surface area contributed by atoms with E-state index in [9.17, 15) is 0 Å². The minimum absolute atomic E-state index is 0.0673. The number of rotatable bonds is 5. The van der Waals surface area contributed by atoms with E-state index in [2.05, 4.69) is 11.8 Å². The summed E-state index contributed by atoms with van der Waals surface area (Å²) >= 11 is 6.27. The molecule has 1 aromatic carbocycles. The van der Waals surface area contributed by atoms with E-state index < -0.39 is 0 Å². The van der Waals surface area contributed by atoms with Crippen molar-refractivity contribution in [3.63, 3.8) is 0 Å². The molecule has 0 bridgehead atoms. The highest BCUT2D eigenvalue weighted by molar-refractivity contribution is 6.31. The number of nitrogen functional groups attached to an aromatic ring is 1. The zero-order valence-electron chi connectivity index (χ0n) is 11.5. The second-order valence-electron chi connectivity index (χ2n) is 5.40. The van der Waals surface area contributed by atoms with Gasteiger partial charge in [-0.25, -0.2) is 0 Å².